The maximum Gasteiger partial charge on any atom is 0.161 e. The molecule has 0 bridgehead atoms. The summed E-state index contributed by atoms with van der Waals surface area (Å²) < 4.78 is 11.6. The van der Waals surface area contributed by atoms with Crippen LogP contribution in [0.25, 0.3) is 0 Å². The Labute approximate surface area is 193 Å². The molecule has 3 heteroatoms. The van der Waals surface area contributed by atoms with E-state index in [0.29, 0.717) is 0 Å². The van der Waals surface area contributed by atoms with Gasteiger partial charge < -0.3 is 14.4 Å². The maximum atomic E-state index is 6.00. The second-order valence-electron chi connectivity index (χ2n) is 9.34. The first-order valence-electron chi connectivity index (χ1n) is 13.1. The van der Waals surface area contributed by atoms with E-state index in [1.54, 1.807) is 7.11 Å². The van der Waals surface area contributed by atoms with Gasteiger partial charge in [0, 0.05) is 0 Å². The summed E-state index contributed by atoms with van der Waals surface area (Å²) in [7, 11) is 5.97. The van der Waals surface area contributed by atoms with E-state index < -0.39 is 0 Å². The van der Waals surface area contributed by atoms with E-state index in [1.807, 2.05) is 0 Å². The summed E-state index contributed by atoms with van der Waals surface area (Å²) >= 11 is 0. The van der Waals surface area contributed by atoms with E-state index in [0.717, 1.165) is 43.9 Å². The smallest absolute Gasteiger partial charge is 0.161 e. The topological polar surface area (TPSA) is 21.7 Å². The van der Waals surface area contributed by atoms with E-state index in [1.165, 1.54) is 89.0 Å². The van der Waals surface area contributed by atoms with Crippen molar-refractivity contribution in [3.05, 3.63) is 23.8 Å². The second-order valence-corrected chi connectivity index (χ2v) is 9.34. The molecule has 1 aromatic carbocycles. The summed E-state index contributed by atoms with van der Waals surface area (Å²) in [5.41, 5.74) is 1.32. The first kappa shape index (κ1) is 27.8. The zero-order valence-electron chi connectivity index (χ0n) is 21.2. The lowest BCUT2D eigenvalue weighted by Gasteiger charge is -2.13. The summed E-state index contributed by atoms with van der Waals surface area (Å²) in [6.07, 6.45) is 21.6. The molecule has 0 radical (unpaired) electrons. The lowest BCUT2D eigenvalue weighted by atomic mass is 10.0. The van der Waals surface area contributed by atoms with Crippen LogP contribution in [0.5, 0.6) is 11.5 Å². The zero-order chi connectivity index (χ0) is 22.6. The molecule has 1 aromatic rings. The van der Waals surface area contributed by atoms with Gasteiger partial charge in [-0.05, 0) is 57.6 Å². The summed E-state index contributed by atoms with van der Waals surface area (Å²) in [6, 6.07) is 6.39. The zero-order valence-corrected chi connectivity index (χ0v) is 21.2. The number of benzene rings is 1. The Kier molecular flexibility index (Phi) is 17.5. The van der Waals surface area contributed by atoms with Crippen LogP contribution < -0.4 is 9.47 Å². The molecule has 0 aliphatic carbocycles. The number of unbranched alkanes of at least 4 members (excludes halogenated alkanes) is 13. The van der Waals surface area contributed by atoms with Crippen LogP contribution in [-0.4, -0.2) is 39.3 Å². The van der Waals surface area contributed by atoms with Crippen molar-refractivity contribution in [2.75, 3.05) is 34.4 Å². The van der Waals surface area contributed by atoms with E-state index in [4.69, 9.17) is 9.47 Å². The molecule has 0 fully saturated rings. The average Bonchev–Trinajstić information content (AvgIpc) is 2.76. The monoisotopic (exact) mass is 433 g/mol. The maximum absolute atomic E-state index is 6.00. The van der Waals surface area contributed by atoms with Gasteiger partial charge in [0.25, 0.3) is 0 Å². The number of methoxy groups -OCH3 is 1. The van der Waals surface area contributed by atoms with Gasteiger partial charge in [-0.3, -0.25) is 0 Å². The summed E-state index contributed by atoms with van der Waals surface area (Å²) in [6.45, 7) is 4.19. The van der Waals surface area contributed by atoms with Crippen LogP contribution in [-0.2, 0) is 6.42 Å². The highest BCUT2D eigenvalue weighted by Gasteiger charge is 2.06. The fourth-order valence-corrected chi connectivity index (χ4v) is 4.06. The number of aryl methyl sites for hydroxylation is 1. The molecule has 0 unspecified atom stereocenters. The molecule has 180 valence electrons. The van der Waals surface area contributed by atoms with Gasteiger partial charge in [-0.2, -0.15) is 0 Å². The van der Waals surface area contributed by atoms with E-state index in [2.05, 4.69) is 44.1 Å². The standard InChI is InChI=1S/C28H51NO2/c1-5-6-7-8-9-10-11-12-13-14-15-16-17-18-24-31-27-22-21-26(25-28(27)30-4)20-19-23-29(2)3/h21-22,25H,5-20,23-24H2,1-4H3. The Hall–Kier alpha value is -1.22. The molecule has 0 aromatic heterocycles. The molecule has 3 nitrogen and oxygen atoms in total. The van der Waals surface area contributed by atoms with E-state index in [9.17, 15) is 0 Å². The third kappa shape index (κ3) is 15.3. The molecular formula is C28H51NO2. The molecule has 0 amide bonds. The van der Waals surface area contributed by atoms with Gasteiger partial charge in [-0.15, -0.1) is 0 Å². The molecule has 31 heavy (non-hydrogen) atoms. The Morgan fingerprint density at radius 1 is 0.677 bits per heavy atom. The fourth-order valence-electron chi connectivity index (χ4n) is 4.06. The summed E-state index contributed by atoms with van der Waals surface area (Å²) in [4.78, 5) is 2.23. The van der Waals surface area contributed by atoms with Crippen molar-refractivity contribution in [1.82, 2.24) is 4.90 Å². The van der Waals surface area contributed by atoms with Crippen LogP contribution in [0, 0.1) is 0 Å². The Morgan fingerprint density at radius 3 is 1.74 bits per heavy atom. The number of hydrogen-bond donors (Lipinski definition) is 0. The lowest BCUT2D eigenvalue weighted by Crippen LogP contribution is -2.13. The van der Waals surface area contributed by atoms with Gasteiger partial charge in [0.05, 0.1) is 13.7 Å². The third-order valence-corrected chi connectivity index (χ3v) is 6.05. The molecule has 0 spiro atoms. The minimum atomic E-state index is 0.786. The largest absolute Gasteiger partial charge is 0.493 e. The van der Waals surface area contributed by atoms with Crippen molar-refractivity contribution in [3.8, 4) is 11.5 Å². The van der Waals surface area contributed by atoms with E-state index in [-0.39, 0.29) is 0 Å². The average molecular weight is 434 g/mol. The lowest BCUT2D eigenvalue weighted by molar-refractivity contribution is 0.284. The van der Waals surface area contributed by atoms with Crippen molar-refractivity contribution in [2.24, 2.45) is 0 Å². The molecule has 0 atom stereocenters. The van der Waals surface area contributed by atoms with Crippen molar-refractivity contribution in [3.63, 3.8) is 0 Å². The van der Waals surface area contributed by atoms with Gasteiger partial charge >= 0.3 is 0 Å². The SMILES string of the molecule is CCCCCCCCCCCCCCCCOc1ccc(CCCN(C)C)cc1OC. The Bertz CT molecular complexity index is 530. The van der Waals surface area contributed by atoms with Crippen molar-refractivity contribution >= 4 is 0 Å². The summed E-state index contributed by atoms with van der Waals surface area (Å²) in [5, 5.41) is 0. The molecule has 0 saturated carbocycles. The minimum Gasteiger partial charge on any atom is -0.493 e. The Morgan fingerprint density at radius 2 is 1.23 bits per heavy atom. The fraction of sp³-hybridized carbons (Fsp3) is 0.786. The molecule has 0 aliphatic rings. The van der Waals surface area contributed by atoms with Crippen LogP contribution in [0.2, 0.25) is 0 Å². The van der Waals surface area contributed by atoms with Gasteiger partial charge in [-0.25, -0.2) is 0 Å². The van der Waals surface area contributed by atoms with Crippen LogP contribution >= 0.6 is 0 Å². The highest BCUT2D eigenvalue weighted by Crippen LogP contribution is 2.29. The second kappa shape index (κ2) is 19.5. The molecule has 0 aliphatic heterocycles. The molecule has 1 rings (SSSR count). The molecule has 0 heterocycles. The van der Waals surface area contributed by atoms with Crippen LogP contribution in [0.1, 0.15) is 109 Å². The van der Waals surface area contributed by atoms with E-state index >= 15 is 0 Å². The van der Waals surface area contributed by atoms with Gasteiger partial charge in [0.1, 0.15) is 0 Å². The quantitative estimate of drug-likeness (QED) is 0.183. The first-order valence-corrected chi connectivity index (χ1v) is 13.1. The van der Waals surface area contributed by atoms with Crippen LogP contribution in [0.15, 0.2) is 18.2 Å². The highest BCUT2D eigenvalue weighted by atomic mass is 16.5. The predicted molar refractivity (Wildman–Crippen MR) is 136 cm³/mol. The number of ether oxygens (including phenoxy) is 2. The third-order valence-electron chi connectivity index (χ3n) is 6.05. The minimum absolute atomic E-state index is 0.786. The Balaban J connectivity index is 2.01. The number of rotatable bonds is 21. The molecule has 0 N–H and O–H groups in total. The van der Waals surface area contributed by atoms with Crippen molar-refractivity contribution in [1.29, 1.82) is 0 Å². The van der Waals surface area contributed by atoms with Crippen molar-refractivity contribution in [2.45, 2.75) is 110 Å². The number of hydrogen-bond acceptors (Lipinski definition) is 3. The molecule has 0 saturated heterocycles. The van der Waals surface area contributed by atoms with Gasteiger partial charge in [0.2, 0.25) is 0 Å². The molecular weight excluding hydrogens is 382 g/mol. The first-order chi connectivity index (χ1) is 15.2. The van der Waals surface area contributed by atoms with Gasteiger partial charge in [-0.1, -0.05) is 96.5 Å². The van der Waals surface area contributed by atoms with Gasteiger partial charge in [0.15, 0.2) is 11.5 Å². The normalized spacial score (nSPS) is 11.3. The highest BCUT2D eigenvalue weighted by molar-refractivity contribution is 5.43. The van der Waals surface area contributed by atoms with Crippen LogP contribution in [0.4, 0.5) is 0 Å². The van der Waals surface area contributed by atoms with Crippen LogP contribution in [0.3, 0.4) is 0 Å². The predicted octanol–water partition coefficient (Wildman–Crippen LogP) is 8.05. The summed E-state index contributed by atoms with van der Waals surface area (Å²) in [5.74, 6) is 1.75. The van der Waals surface area contributed by atoms with Crippen molar-refractivity contribution < 1.29 is 9.47 Å². The number of nitrogens with zero attached hydrogens (tertiary/aromatic N) is 1.